The summed E-state index contributed by atoms with van der Waals surface area (Å²) < 4.78 is 41.1. The zero-order chi connectivity index (χ0) is 27.8. The molecule has 3 aromatic carbocycles. The number of hydrogen-bond donors (Lipinski definition) is 3. The normalized spacial score (nSPS) is 14.0. The minimum absolute atomic E-state index is 0.00604. The number of carbonyl (C=O) groups is 2. The second-order valence-corrected chi connectivity index (χ2v) is 11.2. The highest BCUT2D eigenvalue weighted by atomic mass is 32.2. The van der Waals surface area contributed by atoms with Crippen molar-refractivity contribution >= 4 is 21.8 Å². The standard InChI is InChI=1S/C29H32FN3O5S/c30-24-11-6-22(7-12-24)20-33(28(29(36)31-18-19-34)23-4-2-1-3-5-23)27(35)17-10-21-8-15-26(16-9-21)39(37,38)32-25-13-14-25/h1-9,11-12,15-16,25,28,32,34H,10,13-14,17-20H2,(H,31,36)/t28-/m1/s1. The SMILES string of the molecule is O=C(NCCO)[C@@H](c1ccccc1)N(Cc1ccc(F)cc1)C(=O)CCc1ccc(S(=O)(=O)NC2CC2)cc1. The Balaban J connectivity index is 1.55. The number of nitrogens with zero attached hydrogens (tertiary/aromatic N) is 1. The van der Waals surface area contributed by atoms with Crippen molar-refractivity contribution < 1.29 is 27.5 Å². The van der Waals surface area contributed by atoms with Gasteiger partial charge in [-0.3, -0.25) is 9.59 Å². The van der Waals surface area contributed by atoms with E-state index in [-0.39, 0.29) is 43.0 Å². The highest BCUT2D eigenvalue weighted by Gasteiger charge is 2.31. The third-order valence-electron chi connectivity index (χ3n) is 6.43. The monoisotopic (exact) mass is 553 g/mol. The zero-order valence-corrected chi connectivity index (χ0v) is 22.2. The van der Waals surface area contributed by atoms with Crippen LogP contribution in [0.25, 0.3) is 0 Å². The number of benzene rings is 3. The zero-order valence-electron chi connectivity index (χ0n) is 21.4. The summed E-state index contributed by atoms with van der Waals surface area (Å²) in [6.07, 6.45) is 2.07. The molecule has 39 heavy (non-hydrogen) atoms. The third-order valence-corrected chi connectivity index (χ3v) is 7.97. The van der Waals surface area contributed by atoms with Crippen LogP contribution in [0.4, 0.5) is 4.39 Å². The highest BCUT2D eigenvalue weighted by molar-refractivity contribution is 7.89. The first-order valence-electron chi connectivity index (χ1n) is 12.9. The van der Waals surface area contributed by atoms with Gasteiger partial charge in [-0.2, -0.15) is 0 Å². The third kappa shape index (κ3) is 7.95. The molecule has 3 N–H and O–H groups in total. The van der Waals surface area contributed by atoms with Crippen LogP contribution in [0.3, 0.4) is 0 Å². The maximum absolute atomic E-state index is 13.7. The predicted octanol–water partition coefficient (Wildman–Crippen LogP) is 3.08. The highest BCUT2D eigenvalue weighted by Crippen LogP contribution is 2.26. The van der Waals surface area contributed by atoms with E-state index in [0.717, 1.165) is 18.4 Å². The Hall–Kier alpha value is -3.60. The van der Waals surface area contributed by atoms with Gasteiger partial charge in [-0.15, -0.1) is 0 Å². The van der Waals surface area contributed by atoms with Gasteiger partial charge in [-0.1, -0.05) is 54.6 Å². The smallest absolute Gasteiger partial charge is 0.247 e. The van der Waals surface area contributed by atoms with E-state index >= 15 is 0 Å². The molecule has 1 aliphatic rings. The molecule has 2 amide bonds. The van der Waals surface area contributed by atoms with Gasteiger partial charge in [0.15, 0.2) is 0 Å². The molecule has 1 atom stereocenters. The molecule has 0 heterocycles. The van der Waals surface area contributed by atoms with Crippen molar-refractivity contribution in [2.45, 2.75) is 49.2 Å². The quantitative estimate of drug-likeness (QED) is 0.301. The lowest BCUT2D eigenvalue weighted by molar-refractivity contribution is -0.141. The Bertz CT molecular complexity index is 1360. The minimum atomic E-state index is -3.57. The summed E-state index contributed by atoms with van der Waals surface area (Å²) in [7, 11) is -3.57. The fourth-order valence-corrected chi connectivity index (χ4v) is 5.52. The number of nitrogens with one attached hydrogen (secondary N) is 2. The van der Waals surface area contributed by atoms with Crippen LogP contribution in [0.1, 0.15) is 42.0 Å². The van der Waals surface area contributed by atoms with Crippen molar-refractivity contribution in [1.82, 2.24) is 14.9 Å². The van der Waals surface area contributed by atoms with E-state index in [1.807, 2.05) is 6.07 Å². The van der Waals surface area contributed by atoms with Gasteiger partial charge in [0.2, 0.25) is 21.8 Å². The molecule has 1 fully saturated rings. The Morgan fingerprint density at radius 2 is 1.59 bits per heavy atom. The molecule has 0 unspecified atom stereocenters. The van der Waals surface area contributed by atoms with Crippen LogP contribution in [0.5, 0.6) is 0 Å². The maximum Gasteiger partial charge on any atom is 0.247 e. The van der Waals surface area contributed by atoms with Gasteiger partial charge >= 0.3 is 0 Å². The van der Waals surface area contributed by atoms with Crippen molar-refractivity contribution in [3.63, 3.8) is 0 Å². The number of rotatable bonds is 13. The van der Waals surface area contributed by atoms with E-state index < -0.39 is 27.8 Å². The van der Waals surface area contributed by atoms with Gasteiger partial charge in [0, 0.05) is 25.6 Å². The average Bonchev–Trinajstić information content (AvgIpc) is 3.75. The number of aliphatic hydroxyl groups excluding tert-OH is 1. The lowest BCUT2D eigenvalue weighted by atomic mass is 10.0. The van der Waals surface area contributed by atoms with Crippen molar-refractivity contribution in [2.75, 3.05) is 13.2 Å². The Morgan fingerprint density at radius 3 is 2.21 bits per heavy atom. The Labute approximate surface area is 227 Å². The summed E-state index contributed by atoms with van der Waals surface area (Å²) in [5.74, 6) is -1.16. The van der Waals surface area contributed by atoms with Gasteiger partial charge in [0.25, 0.3) is 0 Å². The molecule has 0 aromatic heterocycles. The molecule has 0 radical (unpaired) electrons. The van der Waals surface area contributed by atoms with Crippen LogP contribution in [-0.4, -0.2) is 49.4 Å². The van der Waals surface area contributed by atoms with E-state index in [2.05, 4.69) is 10.0 Å². The largest absolute Gasteiger partial charge is 0.395 e. The molecular formula is C29H32FN3O5S. The minimum Gasteiger partial charge on any atom is -0.395 e. The molecule has 10 heteroatoms. The van der Waals surface area contributed by atoms with Gasteiger partial charge in [0.1, 0.15) is 11.9 Å². The number of aliphatic hydroxyl groups is 1. The van der Waals surface area contributed by atoms with Gasteiger partial charge in [0.05, 0.1) is 11.5 Å². The molecule has 1 aliphatic carbocycles. The van der Waals surface area contributed by atoms with E-state index in [4.69, 9.17) is 0 Å². The Kier molecular flexibility index (Phi) is 9.45. The maximum atomic E-state index is 13.7. The first kappa shape index (κ1) is 28.4. The van der Waals surface area contributed by atoms with Crippen LogP contribution in [0.2, 0.25) is 0 Å². The number of hydrogen-bond acceptors (Lipinski definition) is 5. The fraction of sp³-hybridized carbons (Fsp3) is 0.310. The molecule has 1 saturated carbocycles. The first-order valence-corrected chi connectivity index (χ1v) is 14.3. The van der Waals surface area contributed by atoms with Gasteiger partial charge < -0.3 is 15.3 Å². The van der Waals surface area contributed by atoms with E-state index in [1.54, 1.807) is 48.5 Å². The molecule has 0 aliphatic heterocycles. The summed E-state index contributed by atoms with van der Waals surface area (Å²) in [4.78, 5) is 28.5. The topological polar surface area (TPSA) is 116 Å². The van der Waals surface area contributed by atoms with Crippen LogP contribution < -0.4 is 10.0 Å². The molecule has 206 valence electrons. The number of halogens is 1. The predicted molar refractivity (Wildman–Crippen MR) is 144 cm³/mol. The fourth-order valence-electron chi connectivity index (χ4n) is 4.21. The lowest BCUT2D eigenvalue weighted by Gasteiger charge is -2.31. The molecule has 0 saturated heterocycles. The summed E-state index contributed by atoms with van der Waals surface area (Å²) in [6, 6.07) is 20.0. The Morgan fingerprint density at radius 1 is 0.949 bits per heavy atom. The van der Waals surface area contributed by atoms with Crippen molar-refractivity contribution in [1.29, 1.82) is 0 Å². The molecule has 4 rings (SSSR count). The van der Waals surface area contributed by atoms with E-state index in [9.17, 15) is 27.5 Å². The number of aryl methyl sites for hydroxylation is 1. The van der Waals surface area contributed by atoms with Crippen molar-refractivity contribution in [3.8, 4) is 0 Å². The van der Waals surface area contributed by atoms with Crippen LogP contribution in [-0.2, 0) is 32.6 Å². The van der Waals surface area contributed by atoms with Crippen LogP contribution in [0.15, 0.2) is 83.8 Å². The van der Waals surface area contributed by atoms with E-state index in [1.165, 1.54) is 29.2 Å². The summed E-state index contributed by atoms with van der Waals surface area (Å²) >= 11 is 0. The molecular weight excluding hydrogens is 521 g/mol. The second-order valence-electron chi connectivity index (χ2n) is 9.52. The van der Waals surface area contributed by atoms with Gasteiger partial charge in [-0.05, 0) is 60.2 Å². The van der Waals surface area contributed by atoms with E-state index in [0.29, 0.717) is 17.5 Å². The van der Waals surface area contributed by atoms with Crippen molar-refractivity contribution in [3.05, 3.63) is 101 Å². The second kappa shape index (κ2) is 13.0. The van der Waals surface area contributed by atoms with Crippen molar-refractivity contribution in [2.24, 2.45) is 0 Å². The summed E-state index contributed by atoms with van der Waals surface area (Å²) in [5, 5.41) is 11.9. The van der Waals surface area contributed by atoms with Crippen LogP contribution in [0, 0.1) is 5.82 Å². The molecule has 0 spiro atoms. The first-order chi connectivity index (χ1) is 18.8. The average molecular weight is 554 g/mol. The van der Waals surface area contributed by atoms with Crippen LogP contribution >= 0.6 is 0 Å². The lowest BCUT2D eigenvalue weighted by Crippen LogP contribution is -2.44. The number of carbonyl (C=O) groups excluding carboxylic acids is 2. The number of amides is 2. The molecule has 8 nitrogen and oxygen atoms in total. The van der Waals surface area contributed by atoms with Gasteiger partial charge in [-0.25, -0.2) is 17.5 Å². The summed E-state index contributed by atoms with van der Waals surface area (Å²) in [5.41, 5.74) is 2.02. The number of sulfonamides is 1. The summed E-state index contributed by atoms with van der Waals surface area (Å²) in [6.45, 7) is -0.151. The molecule has 3 aromatic rings. The molecule has 0 bridgehead atoms.